The Balaban J connectivity index is 0.000000159. The van der Waals surface area contributed by atoms with Gasteiger partial charge in [0.2, 0.25) is 0 Å². The van der Waals surface area contributed by atoms with Crippen molar-refractivity contribution in [1.29, 1.82) is 0 Å². The van der Waals surface area contributed by atoms with E-state index in [1.807, 2.05) is 90.0 Å². The minimum absolute atomic E-state index is 0.123. The molecular formula is C54H67IN17O3PS2. The fourth-order valence-corrected chi connectivity index (χ4v) is 9.39. The molecule has 78 heavy (non-hydrogen) atoms. The Morgan fingerprint density at radius 3 is 1.59 bits per heavy atom. The van der Waals surface area contributed by atoms with E-state index < -0.39 is 6.60 Å². The molecule has 0 aliphatic heterocycles. The van der Waals surface area contributed by atoms with Crippen LogP contribution in [0.5, 0.6) is 0 Å². The first kappa shape index (κ1) is 60.3. The van der Waals surface area contributed by atoms with Crippen LogP contribution >= 0.6 is 52.7 Å². The fraction of sp³-hybridized carbons (Fsp3) is 0.278. The van der Waals surface area contributed by atoms with Crippen molar-refractivity contribution in [3.8, 4) is 0 Å². The van der Waals surface area contributed by atoms with Gasteiger partial charge in [-0.1, -0.05) is 72.9 Å². The van der Waals surface area contributed by atoms with Crippen LogP contribution < -0.4 is 5.73 Å². The van der Waals surface area contributed by atoms with Crippen LogP contribution in [0.2, 0.25) is 0 Å². The first-order valence-corrected chi connectivity index (χ1v) is 32.2. The number of nitrogens with one attached hydrogen (secondary N) is 4. The maximum atomic E-state index is 10.2. The Kier molecular flexibility index (Phi) is 23.0. The number of halogens is 1. The van der Waals surface area contributed by atoms with Gasteiger partial charge in [-0.05, 0) is 67.4 Å². The number of hydrogen-bond donors (Lipinski definition) is 6. The summed E-state index contributed by atoms with van der Waals surface area (Å²) in [5, 5.41) is 9.37. The average Bonchev–Trinajstić information content (AvgIpc) is 4.35. The Hall–Kier alpha value is -6.89. The second-order valence-corrected chi connectivity index (χ2v) is 30.0. The van der Waals surface area contributed by atoms with Gasteiger partial charge >= 0.3 is 71.3 Å². The number of aromatic nitrogens is 16. The van der Waals surface area contributed by atoms with Crippen LogP contribution in [-0.4, -0.2) is 134 Å². The second-order valence-electron chi connectivity index (χ2n) is 18.5. The molecule has 0 aliphatic rings. The van der Waals surface area contributed by atoms with Gasteiger partial charge in [0.25, 0.3) is 0 Å². The van der Waals surface area contributed by atoms with E-state index in [2.05, 4.69) is 135 Å². The van der Waals surface area contributed by atoms with Crippen LogP contribution in [0.1, 0.15) is 38.3 Å². The number of nitrogens with zero attached hydrogens (tertiary/aromatic N) is 12. The molecule has 8 aromatic heterocycles. The topological polar surface area (TPSA) is 274 Å². The molecule has 0 saturated heterocycles. The van der Waals surface area contributed by atoms with E-state index in [-0.39, 0.29) is 12.6 Å². The van der Waals surface area contributed by atoms with E-state index >= 15 is 0 Å². The number of esters is 1. The molecule has 410 valence electrons. The number of ether oxygens (including phenoxy) is 1. The summed E-state index contributed by atoms with van der Waals surface area (Å²) < 4.78 is 9.59. The van der Waals surface area contributed by atoms with E-state index in [0.717, 1.165) is 94.3 Å². The van der Waals surface area contributed by atoms with E-state index in [1.165, 1.54) is 15.3 Å². The molecule has 0 amide bonds. The maximum absolute atomic E-state index is 10.2. The number of fused-ring (bicyclic) bond motifs is 6. The number of H-pyrrole nitrogens is 4. The van der Waals surface area contributed by atoms with E-state index in [9.17, 15) is 4.79 Å². The van der Waals surface area contributed by atoms with Crippen molar-refractivity contribution >= 4 is 125 Å². The number of aromatic amines is 4. The summed E-state index contributed by atoms with van der Waals surface area (Å²) in [7, 11) is 3.87. The fourth-order valence-electron chi connectivity index (χ4n) is 6.64. The van der Waals surface area contributed by atoms with Gasteiger partial charge in [-0.15, -0.1) is 0 Å². The Morgan fingerprint density at radius 1 is 0.615 bits per heavy atom. The SMILES string of the molecule is CCO.CCOC(=O)CC.CP(C)(C)(CN)CI.Cn1cnc2c(SCc3ccc4nc[nH]c4c3)ncnc21.Cn1cnc2c(SCc3cccc4[nH]cnc34)ncnc21.c1ccc2[nH]cnc2c1.c1ccc2[nH]cnc2c1. The summed E-state index contributed by atoms with van der Waals surface area (Å²) in [6.45, 7) is 11.6. The van der Waals surface area contributed by atoms with Gasteiger partial charge in [-0.2, -0.15) is 0 Å². The van der Waals surface area contributed by atoms with E-state index in [4.69, 9.17) is 10.8 Å². The van der Waals surface area contributed by atoms with Gasteiger partial charge in [-0.3, -0.25) is 4.79 Å². The van der Waals surface area contributed by atoms with Crippen molar-refractivity contribution in [2.24, 2.45) is 19.8 Å². The molecule has 4 aromatic carbocycles. The van der Waals surface area contributed by atoms with Gasteiger partial charge in [0, 0.05) is 38.6 Å². The normalized spacial score (nSPS) is 11.3. The summed E-state index contributed by atoms with van der Waals surface area (Å²) >= 11 is 5.75. The summed E-state index contributed by atoms with van der Waals surface area (Å²) in [4.78, 5) is 65.1. The standard InChI is InChI=1S/2C14H12N6S.2C7H6N2.C5H15INP.C5H10O2.C2H6O/c1-20-8-19-12-13(20)17-7-18-14(12)21-5-9-2-3-10-11(4-9)16-6-15-10;1-20-8-19-12-13(20)17-7-18-14(12)21-5-9-3-2-4-10-11(9)16-6-15-10;2*1-2-4-7-6(3-1)8-5-9-7;1-8(2,3,4-6)5-7;1-3-5(6)7-4-2;1-2-3/h2*2-4,6-8H,5H2,1H3,(H,15,16);2*1-5H,(H,8,9);4-5,7H2,1-3H3;3-4H2,1-2H3;3H,2H2,1H3. The zero-order valence-corrected chi connectivity index (χ0v) is 49.7. The number of carbonyl (C=O) groups is 1. The molecule has 0 aliphatic carbocycles. The number of benzene rings is 4. The van der Waals surface area contributed by atoms with Gasteiger partial charge in [0.15, 0.2) is 11.3 Å². The van der Waals surface area contributed by atoms with Gasteiger partial charge < -0.3 is 38.9 Å². The second kappa shape index (κ2) is 29.7. The molecular weight excluding hydrogens is 1160 g/mol. The summed E-state index contributed by atoms with van der Waals surface area (Å²) in [5.41, 5.74) is 19.8. The minimum atomic E-state index is -1.34. The number of alkyl halides is 1. The molecule has 0 spiro atoms. The van der Waals surface area contributed by atoms with Crippen LogP contribution in [0.15, 0.2) is 146 Å². The number of hydrogen-bond acceptors (Lipinski definition) is 16. The third kappa shape index (κ3) is 17.6. The molecule has 20 nitrogen and oxygen atoms in total. The Morgan fingerprint density at radius 2 is 1.10 bits per heavy atom. The van der Waals surface area contributed by atoms with Gasteiger partial charge in [0.1, 0.15) is 33.7 Å². The number of para-hydroxylation sites is 5. The molecule has 7 N–H and O–H groups in total. The van der Waals surface area contributed by atoms with Crippen LogP contribution in [0, 0.1) is 0 Å². The third-order valence-electron chi connectivity index (χ3n) is 11.1. The van der Waals surface area contributed by atoms with Gasteiger partial charge in [0.05, 0.1) is 88.7 Å². The number of aliphatic hydroxyl groups excluding tert-OH is 1. The summed E-state index contributed by atoms with van der Waals surface area (Å²) in [6, 6.07) is 28.3. The van der Waals surface area contributed by atoms with Gasteiger partial charge in [-0.25, -0.2) is 49.8 Å². The average molecular weight is 1220 g/mol. The molecule has 0 radical (unpaired) electrons. The van der Waals surface area contributed by atoms with Crippen LogP contribution in [0.25, 0.3) is 66.5 Å². The van der Waals surface area contributed by atoms with E-state index in [0.29, 0.717) is 13.0 Å². The smallest absolute Gasteiger partial charge is 0.164 e. The van der Waals surface area contributed by atoms with Crippen molar-refractivity contribution < 1.29 is 14.6 Å². The van der Waals surface area contributed by atoms with Crippen molar-refractivity contribution in [3.05, 3.63) is 147 Å². The van der Waals surface area contributed by atoms with E-state index in [1.54, 1.807) is 94.9 Å². The van der Waals surface area contributed by atoms with Crippen molar-refractivity contribution in [1.82, 2.24) is 78.9 Å². The maximum Gasteiger partial charge on any atom is 0.164 e. The molecule has 24 heteroatoms. The number of rotatable bonds is 10. The Labute approximate surface area is 474 Å². The minimum Gasteiger partial charge on any atom is -0.345 e. The quantitative estimate of drug-likeness (QED) is 0.0185. The molecule has 0 fully saturated rings. The Bertz CT molecular complexity index is 3600. The third-order valence-corrected chi connectivity index (χ3v) is 23.0. The van der Waals surface area contributed by atoms with Crippen LogP contribution in [0.3, 0.4) is 0 Å². The molecule has 8 heterocycles. The number of imidazole rings is 6. The molecule has 0 saturated carbocycles. The first-order valence-electron chi connectivity index (χ1n) is 24.8. The summed E-state index contributed by atoms with van der Waals surface area (Å²) in [5.74, 6) is 1.50. The van der Waals surface area contributed by atoms with Crippen molar-refractivity contribution in [3.63, 3.8) is 0 Å². The molecule has 12 aromatic rings. The zero-order valence-electron chi connectivity index (χ0n) is 45.0. The monoisotopic (exact) mass is 1220 g/mol. The van der Waals surface area contributed by atoms with Crippen molar-refractivity contribution in [2.45, 2.75) is 48.7 Å². The predicted molar refractivity (Wildman–Crippen MR) is 328 cm³/mol. The summed E-state index contributed by atoms with van der Waals surface area (Å²) in [6.07, 6.45) is 14.9. The number of aliphatic hydroxyl groups is 1. The number of nitrogens with two attached hydrogens (primary N) is 1. The molecule has 0 atom stereocenters. The molecule has 0 unspecified atom stereocenters. The van der Waals surface area contributed by atoms with Crippen LogP contribution in [0.4, 0.5) is 0 Å². The number of carbonyl (C=O) groups excluding carboxylic acids is 1. The number of thioether (sulfide) groups is 2. The zero-order chi connectivity index (χ0) is 55.9. The van der Waals surface area contributed by atoms with Crippen LogP contribution in [-0.2, 0) is 35.1 Å². The molecule has 0 bridgehead atoms. The van der Waals surface area contributed by atoms with Crippen molar-refractivity contribution in [2.75, 3.05) is 43.7 Å². The first-order chi connectivity index (χ1) is 37.7. The molecule has 12 rings (SSSR count). The predicted octanol–water partition coefficient (Wildman–Crippen LogP) is 10.9. The number of aryl methyl sites for hydroxylation is 2. The largest absolute Gasteiger partial charge is 0.345 e.